The Kier molecular flexibility index (Phi) is 6.47. The van der Waals surface area contributed by atoms with Crippen LogP contribution >= 0.6 is 0 Å². The van der Waals surface area contributed by atoms with Gasteiger partial charge >= 0.3 is 0 Å². The van der Waals surface area contributed by atoms with E-state index in [1.165, 1.54) is 18.1 Å². The molecule has 31 heavy (non-hydrogen) atoms. The number of amides is 1. The average molecular weight is 419 g/mol. The number of rotatable bonds is 7. The quantitative estimate of drug-likeness (QED) is 0.612. The summed E-state index contributed by atoms with van der Waals surface area (Å²) < 4.78 is 5.35. The molecule has 0 unspecified atom stereocenters. The van der Waals surface area contributed by atoms with Crippen LogP contribution in [0.5, 0.6) is 0 Å². The van der Waals surface area contributed by atoms with Crippen LogP contribution in [0.1, 0.15) is 49.0 Å². The van der Waals surface area contributed by atoms with Crippen molar-refractivity contribution in [3.63, 3.8) is 0 Å². The topological polar surface area (TPSA) is 71.3 Å². The molecule has 2 aromatic carbocycles. The molecule has 1 aliphatic rings. The molecular formula is C25H30N4O2. The zero-order valence-electron chi connectivity index (χ0n) is 18.3. The van der Waals surface area contributed by atoms with Gasteiger partial charge in [0.1, 0.15) is 0 Å². The maximum Gasteiger partial charge on any atom is 0.223 e. The number of likely N-dealkylation sites (tertiary alicyclic amines) is 1. The summed E-state index contributed by atoms with van der Waals surface area (Å²) in [5, 5.41) is 7.15. The van der Waals surface area contributed by atoms with E-state index < -0.39 is 0 Å². The molecule has 0 spiro atoms. The van der Waals surface area contributed by atoms with Gasteiger partial charge < -0.3 is 9.84 Å². The first-order chi connectivity index (χ1) is 15.0. The van der Waals surface area contributed by atoms with Gasteiger partial charge in [-0.2, -0.15) is 4.98 Å². The van der Waals surface area contributed by atoms with Gasteiger partial charge in [0.25, 0.3) is 0 Å². The van der Waals surface area contributed by atoms with Crippen molar-refractivity contribution in [2.24, 2.45) is 0 Å². The Hall–Kier alpha value is -2.99. The smallest absolute Gasteiger partial charge is 0.223 e. The van der Waals surface area contributed by atoms with E-state index in [0.29, 0.717) is 5.89 Å². The molecule has 3 aromatic rings. The summed E-state index contributed by atoms with van der Waals surface area (Å²) >= 11 is 0. The zero-order valence-corrected chi connectivity index (χ0v) is 18.3. The number of carbonyl (C=O) groups excluding carboxylic acids is 1. The molecule has 0 saturated carbocycles. The Labute approximate surface area is 183 Å². The molecule has 0 aliphatic carbocycles. The molecule has 0 radical (unpaired) electrons. The van der Waals surface area contributed by atoms with Gasteiger partial charge in [0.05, 0.1) is 0 Å². The van der Waals surface area contributed by atoms with Crippen LogP contribution in [-0.2, 0) is 23.2 Å². The van der Waals surface area contributed by atoms with Crippen molar-refractivity contribution in [3.05, 3.63) is 77.4 Å². The predicted molar refractivity (Wildman–Crippen MR) is 121 cm³/mol. The van der Waals surface area contributed by atoms with Crippen LogP contribution in [0.2, 0.25) is 0 Å². The lowest BCUT2D eigenvalue weighted by Crippen LogP contribution is -2.43. The number of anilines is 1. The molecule has 1 saturated heterocycles. The number of aromatic nitrogens is 2. The Morgan fingerprint density at radius 2 is 1.77 bits per heavy atom. The SMILES string of the molecule is CC(=O)Nc1ccc(CN2CCC(CCc3ccccc3)(c3noc(C)n3)CC2)cc1. The molecule has 1 N–H and O–H groups in total. The monoisotopic (exact) mass is 418 g/mol. The first kappa shape index (κ1) is 21.2. The van der Waals surface area contributed by atoms with Crippen molar-refractivity contribution in [2.75, 3.05) is 18.4 Å². The summed E-state index contributed by atoms with van der Waals surface area (Å²) in [5.41, 5.74) is 3.40. The largest absolute Gasteiger partial charge is 0.340 e. The summed E-state index contributed by atoms with van der Waals surface area (Å²) in [6, 6.07) is 18.7. The highest BCUT2D eigenvalue weighted by Gasteiger charge is 2.39. The normalized spacial score (nSPS) is 16.2. The van der Waals surface area contributed by atoms with Crippen LogP contribution in [0.4, 0.5) is 5.69 Å². The van der Waals surface area contributed by atoms with E-state index in [2.05, 4.69) is 62.8 Å². The minimum absolute atomic E-state index is 0.0423. The fraction of sp³-hybridized carbons (Fsp3) is 0.400. The van der Waals surface area contributed by atoms with Gasteiger partial charge in [-0.05, 0) is 62.0 Å². The molecule has 1 amide bonds. The van der Waals surface area contributed by atoms with Crippen LogP contribution < -0.4 is 5.32 Å². The van der Waals surface area contributed by atoms with E-state index >= 15 is 0 Å². The molecule has 162 valence electrons. The third-order valence-electron chi connectivity index (χ3n) is 6.23. The predicted octanol–water partition coefficient (Wildman–Crippen LogP) is 4.50. The lowest BCUT2D eigenvalue weighted by atomic mass is 9.73. The number of piperidine rings is 1. The molecule has 1 aliphatic heterocycles. The van der Waals surface area contributed by atoms with Gasteiger partial charge in [-0.1, -0.05) is 47.6 Å². The van der Waals surface area contributed by atoms with Gasteiger partial charge in [-0.15, -0.1) is 0 Å². The van der Waals surface area contributed by atoms with Crippen LogP contribution in [-0.4, -0.2) is 34.0 Å². The van der Waals surface area contributed by atoms with Gasteiger partial charge in [0.15, 0.2) is 5.82 Å². The summed E-state index contributed by atoms with van der Waals surface area (Å²) in [7, 11) is 0. The standard InChI is InChI=1S/C25H30N4O2/c1-19(30)26-23-10-8-22(9-11-23)18-29-16-14-25(15-17-29,24-27-20(2)31-28-24)13-12-21-6-4-3-5-7-21/h3-11H,12-18H2,1-2H3,(H,26,30). The van der Waals surface area contributed by atoms with Crippen LogP contribution in [0, 0.1) is 6.92 Å². The van der Waals surface area contributed by atoms with Crippen molar-refractivity contribution in [3.8, 4) is 0 Å². The van der Waals surface area contributed by atoms with E-state index in [0.717, 1.165) is 56.8 Å². The lowest BCUT2D eigenvalue weighted by Gasteiger charge is -2.40. The third kappa shape index (κ3) is 5.39. The maximum atomic E-state index is 11.2. The van der Waals surface area contributed by atoms with Gasteiger partial charge in [-0.3, -0.25) is 9.69 Å². The number of hydrogen-bond acceptors (Lipinski definition) is 5. The molecule has 0 atom stereocenters. The fourth-order valence-corrected chi connectivity index (χ4v) is 4.42. The van der Waals surface area contributed by atoms with E-state index in [1.807, 2.05) is 19.1 Å². The van der Waals surface area contributed by atoms with E-state index in [-0.39, 0.29) is 11.3 Å². The number of carbonyl (C=O) groups is 1. The first-order valence-electron chi connectivity index (χ1n) is 11.0. The van der Waals surface area contributed by atoms with Crippen molar-refractivity contribution >= 4 is 11.6 Å². The summed E-state index contributed by atoms with van der Waals surface area (Å²) in [4.78, 5) is 18.3. The zero-order chi connectivity index (χ0) is 21.7. The van der Waals surface area contributed by atoms with Crippen molar-refractivity contribution < 1.29 is 9.32 Å². The number of aryl methyl sites for hydroxylation is 2. The molecule has 6 heteroatoms. The van der Waals surface area contributed by atoms with Crippen LogP contribution in [0.15, 0.2) is 59.1 Å². The molecule has 1 aromatic heterocycles. The van der Waals surface area contributed by atoms with E-state index in [9.17, 15) is 4.79 Å². The first-order valence-corrected chi connectivity index (χ1v) is 11.0. The number of benzene rings is 2. The minimum atomic E-state index is -0.0488. The highest BCUT2D eigenvalue weighted by Crippen LogP contribution is 2.38. The molecule has 4 rings (SSSR count). The van der Waals surface area contributed by atoms with E-state index in [1.54, 1.807) is 0 Å². The number of nitrogens with one attached hydrogen (secondary N) is 1. The molecule has 6 nitrogen and oxygen atoms in total. The second kappa shape index (κ2) is 9.43. The Bertz CT molecular complexity index is 990. The average Bonchev–Trinajstić information content (AvgIpc) is 3.22. The van der Waals surface area contributed by atoms with Crippen molar-refractivity contribution in [1.29, 1.82) is 0 Å². The highest BCUT2D eigenvalue weighted by molar-refractivity contribution is 5.88. The van der Waals surface area contributed by atoms with Crippen LogP contribution in [0.25, 0.3) is 0 Å². The second-order valence-corrected chi connectivity index (χ2v) is 8.56. The highest BCUT2D eigenvalue weighted by atomic mass is 16.5. The number of nitrogens with zero attached hydrogens (tertiary/aromatic N) is 3. The fourth-order valence-electron chi connectivity index (χ4n) is 4.42. The van der Waals surface area contributed by atoms with Crippen molar-refractivity contribution in [2.45, 2.75) is 51.5 Å². The lowest BCUT2D eigenvalue weighted by molar-refractivity contribution is -0.114. The van der Waals surface area contributed by atoms with Crippen LogP contribution in [0.3, 0.4) is 0 Å². The maximum absolute atomic E-state index is 11.2. The van der Waals surface area contributed by atoms with Gasteiger partial charge in [0.2, 0.25) is 11.8 Å². The summed E-state index contributed by atoms with van der Waals surface area (Å²) in [6.07, 6.45) is 4.07. The van der Waals surface area contributed by atoms with Gasteiger partial charge in [0, 0.05) is 31.5 Å². The number of hydrogen-bond donors (Lipinski definition) is 1. The summed E-state index contributed by atoms with van der Waals surface area (Å²) in [6.45, 7) is 6.28. The molecule has 0 bridgehead atoms. The summed E-state index contributed by atoms with van der Waals surface area (Å²) in [5.74, 6) is 1.45. The Balaban J connectivity index is 1.41. The molecule has 2 heterocycles. The van der Waals surface area contributed by atoms with Crippen molar-refractivity contribution in [1.82, 2.24) is 15.0 Å². The molecular weight excluding hydrogens is 388 g/mol. The molecule has 1 fully saturated rings. The Morgan fingerprint density at radius 1 is 1.06 bits per heavy atom. The minimum Gasteiger partial charge on any atom is -0.340 e. The van der Waals surface area contributed by atoms with E-state index in [4.69, 9.17) is 4.52 Å². The van der Waals surface area contributed by atoms with Gasteiger partial charge in [-0.25, -0.2) is 0 Å². The Morgan fingerprint density at radius 3 is 2.39 bits per heavy atom. The third-order valence-corrected chi connectivity index (χ3v) is 6.23. The second-order valence-electron chi connectivity index (χ2n) is 8.56.